The van der Waals surface area contributed by atoms with Gasteiger partial charge in [0, 0.05) is 20.3 Å². The molecule has 1 saturated carbocycles. The number of nitrogens with one attached hydrogen (secondary N) is 1. The Hall–Kier alpha value is -2.08. The van der Waals surface area contributed by atoms with Gasteiger partial charge in [0.25, 0.3) is 0 Å². The van der Waals surface area contributed by atoms with Gasteiger partial charge in [-0.25, -0.2) is 4.79 Å². The van der Waals surface area contributed by atoms with Crippen molar-refractivity contribution in [1.29, 1.82) is 0 Å². The van der Waals surface area contributed by atoms with Crippen molar-refractivity contribution in [2.24, 2.45) is 5.41 Å². The summed E-state index contributed by atoms with van der Waals surface area (Å²) in [6, 6.07) is 7.25. The zero-order valence-corrected chi connectivity index (χ0v) is 14.0. The molecule has 1 aliphatic rings. The van der Waals surface area contributed by atoms with Crippen molar-refractivity contribution in [2.75, 3.05) is 26.9 Å². The van der Waals surface area contributed by atoms with Crippen LogP contribution in [0.3, 0.4) is 0 Å². The van der Waals surface area contributed by atoms with E-state index in [1.807, 2.05) is 12.1 Å². The Morgan fingerprint density at radius 1 is 1.25 bits per heavy atom. The van der Waals surface area contributed by atoms with Gasteiger partial charge in [0.05, 0.1) is 5.41 Å². The van der Waals surface area contributed by atoms with Crippen LogP contribution in [-0.2, 0) is 20.7 Å². The smallest absolute Gasteiger partial charge is 0.341 e. The maximum Gasteiger partial charge on any atom is 0.341 e. The molecule has 1 aromatic rings. The number of hydrogen-bond donors (Lipinski definition) is 2. The minimum Gasteiger partial charge on any atom is -0.482 e. The molecule has 2 N–H and O–H groups in total. The van der Waals surface area contributed by atoms with E-state index >= 15 is 0 Å². The summed E-state index contributed by atoms with van der Waals surface area (Å²) < 4.78 is 10.2. The minimum atomic E-state index is -1.000. The number of carboxylic acids is 1. The highest BCUT2D eigenvalue weighted by Crippen LogP contribution is 2.44. The molecule has 0 atom stereocenters. The Morgan fingerprint density at radius 2 is 1.96 bits per heavy atom. The van der Waals surface area contributed by atoms with E-state index in [4.69, 9.17) is 14.6 Å². The third kappa shape index (κ3) is 4.96. The summed E-state index contributed by atoms with van der Waals surface area (Å²) in [7, 11) is 1.66. The van der Waals surface area contributed by atoms with Crippen molar-refractivity contribution < 1.29 is 24.2 Å². The van der Waals surface area contributed by atoms with Crippen LogP contribution >= 0.6 is 0 Å². The highest BCUT2D eigenvalue weighted by atomic mass is 16.5. The number of carboxylic acid groups (broad SMARTS) is 1. The molecule has 0 spiro atoms. The van der Waals surface area contributed by atoms with Crippen LogP contribution in [0.5, 0.6) is 5.75 Å². The lowest BCUT2D eigenvalue weighted by atomic mass is 9.66. The maximum atomic E-state index is 12.4. The van der Waals surface area contributed by atoms with Crippen LogP contribution < -0.4 is 10.1 Å². The Labute approximate surface area is 142 Å². The van der Waals surface area contributed by atoms with E-state index in [2.05, 4.69) is 5.32 Å². The lowest BCUT2D eigenvalue weighted by molar-refractivity contribution is -0.139. The lowest BCUT2D eigenvalue weighted by Gasteiger charge is -2.40. The predicted octanol–water partition coefficient (Wildman–Crippen LogP) is 2.02. The number of carbonyl (C=O) groups is 2. The second-order valence-corrected chi connectivity index (χ2v) is 6.21. The molecule has 1 aromatic carbocycles. The summed E-state index contributed by atoms with van der Waals surface area (Å²) in [5.41, 5.74) is 0.836. The highest BCUT2D eigenvalue weighted by Gasteiger charge is 2.43. The molecule has 0 aliphatic heterocycles. The van der Waals surface area contributed by atoms with Crippen molar-refractivity contribution in [1.82, 2.24) is 5.32 Å². The van der Waals surface area contributed by atoms with Crippen molar-refractivity contribution in [3.63, 3.8) is 0 Å². The molecule has 6 nitrogen and oxygen atoms in total. The number of benzene rings is 1. The van der Waals surface area contributed by atoms with Crippen molar-refractivity contribution in [2.45, 2.75) is 32.1 Å². The van der Waals surface area contributed by atoms with E-state index in [0.717, 1.165) is 37.7 Å². The van der Waals surface area contributed by atoms with Gasteiger partial charge < -0.3 is 19.9 Å². The van der Waals surface area contributed by atoms with E-state index in [9.17, 15) is 9.59 Å². The summed E-state index contributed by atoms with van der Waals surface area (Å²) in [6.45, 7) is 0.854. The second-order valence-electron chi connectivity index (χ2n) is 6.21. The first-order chi connectivity index (χ1) is 11.6. The summed E-state index contributed by atoms with van der Waals surface area (Å²) in [5, 5.41) is 11.6. The lowest BCUT2D eigenvalue weighted by Crippen LogP contribution is -2.46. The van der Waals surface area contributed by atoms with Gasteiger partial charge in [0.2, 0.25) is 5.91 Å². The Balaban J connectivity index is 1.75. The van der Waals surface area contributed by atoms with Crippen LogP contribution in [0.15, 0.2) is 24.3 Å². The van der Waals surface area contributed by atoms with Gasteiger partial charge in [-0.05, 0) is 43.4 Å². The van der Waals surface area contributed by atoms with Crippen LogP contribution in [0.2, 0.25) is 0 Å². The zero-order valence-electron chi connectivity index (χ0n) is 14.0. The molecule has 0 bridgehead atoms. The third-order valence-electron chi connectivity index (χ3n) is 4.56. The van der Waals surface area contributed by atoms with Crippen LogP contribution in [-0.4, -0.2) is 43.9 Å². The van der Waals surface area contributed by atoms with Crippen molar-refractivity contribution in [3.8, 4) is 5.75 Å². The molecule has 2 rings (SSSR count). The van der Waals surface area contributed by atoms with Gasteiger partial charge in [0.15, 0.2) is 6.61 Å². The van der Waals surface area contributed by atoms with Crippen LogP contribution in [0.1, 0.15) is 31.2 Å². The minimum absolute atomic E-state index is 0.132. The van der Waals surface area contributed by atoms with Crippen molar-refractivity contribution in [3.05, 3.63) is 29.8 Å². The Bertz CT molecular complexity index is 551. The Kier molecular flexibility index (Phi) is 6.61. The normalized spacial score (nSPS) is 15.4. The van der Waals surface area contributed by atoms with Gasteiger partial charge in [-0.1, -0.05) is 18.6 Å². The quantitative estimate of drug-likeness (QED) is 0.683. The maximum absolute atomic E-state index is 12.4. The average molecular weight is 335 g/mol. The van der Waals surface area contributed by atoms with Gasteiger partial charge in [-0.2, -0.15) is 0 Å². The molecule has 0 heterocycles. The third-order valence-corrected chi connectivity index (χ3v) is 4.56. The molecule has 0 unspecified atom stereocenters. The fraction of sp³-hybridized carbons (Fsp3) is 0.556. The SMILES string of the molecule is COCCC1(C(=O)NCCc2ccc(OCC(=O)O)cc2)CCC1. The molecule has 0 radical (unpaired) electrons. The van der Waals surface area contributed by atoms with Crippen molar-refractivity contribution >= 4 is 11.9 Å². The van der Waals surface area contributed by atoms with E-state index in [1.165, 1.54) is 0 Å². The summed E-state index contributed by atoms with van der Waals surface area (Å²) in [6.07, 6.45) is 4.50. The van der Waals surface area contributed by atoms with Gasteiger partial charge >= 0.3 is 5.97 Å². The van der Waals surface area contributed by atoms with Crippen LogP contribution in [0, 0.1) is 5.41 Å². The van der Waals surface area contributed by atoms with E-state index < -0.39 is 5.97 Å². The molecular formula is C18H25NO5. The largest absolute Gasteiger partial charge is 0.482 e. The first kappa shape index (κ1) is 18.3. The van der Waals surface area contributed by atoms with Gasteiger partial charge in [0.1, 0.15) is 5.75 Å². The first-order valence-corrected chi connectivity index (χ1v) is 8.26. The second kappa shape index (κ2) is 8.68. The van der Waals surface area contributed by atoms with E-state index in [0.29, 0.717) is 18.9 Å². The standard InChI is InChI=1S/C18H25NO5/c1-23-12-10-18(8-2-9-18)17(22)19-11-7-14-3-5-15(6-4-14)24-13-16(20)21/h3-6H,2,7-13H2,1H3,(H,19,22)(H,20,21). The topological polar surface area (TPSA) is 84.9 Å². The van der Waals surface area contributed by atoms with E-state index in [-0.39, 0.29) is 17.9 Å². The molecule has 0 saturated heterocycles. The predicted molar refractivity (Wildman–Crippen MR) is 89.1 cm³/mol. The molecule has 24 heavy (non-hydrogen) atoms. The van der Waals surface area contributed by atoms with Gasteiger partial charge in [-0.15, -0.1) is 0 Å². The first-order valence-electron chi connectivity index (χ1n) is 8.26. The molecule has 1 fully saturated rings. The number of amides is 1. The zero-order chi connectivity index (χ0) is 17.4. The number of carbonyl (C=O) groups excluding carboxylic acids is 1. The number of aliphatic carboxylic acids is 1. The monoisotopic (exact) mass is 335 g/mol. The highest BCUT2D eigenvalue weighted by molar-refractivity contribution is 5.83. The Morgan fingerprint density at radius 3 is 2.50 bits per heavy atom. The molecule has 1 amide bonds. The number of methoxy groups -OCH3 is 1. The fourth-order valence-corrected chi connectivity index (χ4v) is 2.90. The summed E-state index contributed by atoms with van der Waals surface area (Å²) in [4.78, 5) is 22.9. The number of rotatable bonds is 10. The summed E-state index contributed by atoms with van der Waals surface area (Å²) in [5.74, 6) is -0.342. The molecule has 6 heteroatoms. The number of ether oxygens (including phenoxy) is 2. The van der Waals surface area contributed by atoms with Gasteiger partial charge in [-0.3, -0.25) is 4.79 Å². The molecule has 132 valence electrons. The summed E-state index contributed by atoms with van der Waals surface area (Å²) >= 11 is 0. The van der Waals surface area contributed by atoms with Crippen LogP contribution in [0.4, 0.5) is 0 Å². The molecular weight excluding hydrogens is 310 g/mol. The van der Waals surface area contributed by atoms with E-state index in [1.54, 1.807) is 19.2 Å². The van der Waals surface area contributed by atoms with Crippen LogP contribution in [0.25, 0.3) is 0 Å². The molecule has 0 aromatic heterocycles. The molecule has 1 aliphatic carbocycles. The average Bonchev–Trinajstić information content (AvgIpc) is 2.53. The number of hydrogen-bond acceptors (Lipinski definition) is 4. The fourth-order valence-electron chi connectivity index (χ4n) is 2.90.